The van der Waals surface area contributed by atoms with Crippen LogP contribution in [0.3, 0.4) is 0 Å². The molecule has 0 bridgehead atoms. The van der Waals surface area contributed by atoms with Crippen molar-refractivity contribution in [3.05, 3.63) is 71.8 Å². The Morgan fingerprint density at radius 2 is 1.42 bits per heavy atom. The average Bonchev–Trinajstić information content (AvgIpc) is 3.22. The lowest BCUT2D eigenvalue weighted by Gasteiger charge is -2.14. The van der Waals surface area contributed by atoms with Gasteiger partial charge in [-0.3, -0.25) is 4.79 Å². The normalized spacial score (nSPS) is 10.7. The fourth-order valence-electron chi connectivity index (χ4n) is 3.57. The van der Waals surface area contributed by atoms with E-state index in [0.29, 0.717) is 28.4 Å². The number of carbonyl (C=O) groups is 1. The lowest BCUT2D eigenvalue weighted by atomic mass is 9.97. The first-order valence-electron chi connectivity index (χ1n) is 9.62. The number of methoxy groups -OCH3 is 4. The summed E-state index contributed by atoms with van der Waals surface area (Å²) in [5, 5.41) is 0.914. The van der Waals surface area contributed by atoms with E-state index in [1.807, 2.05) is 48.5 Å². The average molecular weight is 435 g/mol. The van der Waals surface area contributed by atoms with Crippen LogP contribution in [-0.2, 0) is 0 Å². The van der Waals surface area contributed by atoms with Crippen LogP contribution in [0.15, 0.2) is 60.7 Å². The Kier molecular flexibility index (Phi) is 5.82. The van der Waals surface area contributed by atoms with Crippen molar-refractivity contribution < 1.29 is 23.7 Å². The number of rotatable bonds is 7. The van der Waals surface area contributed by atoms with Crippen molar-refractivity contribution in [3.8, 4) is 33.4 Å². The summed E-state index contributed by atoms with van der Waals surface area (Å²) in [5.41, 5.74) is 2.07. The third-order valence-electron chi connectivity index (χ3n) is 5.10. The minimum absolute atomic E-state index is 0.109. The molecule has 3 aromatic carbocycles. The molecule has 0 spiro atoms. The Morgan fingerprint density at radius 1 is 0.774 bits per heavy atom. The summed E-state index contributed by atoms with van der Waals surface area (Å²) in [4.78, 5) is 14.7. The van der Waals surface area contributed by atoms with Crippen molar-refractivity contribution in [2.75, 3.05) is 28.4 Å². The first-order chi connectivity index (χ1) is 15.1. The van der Waals surface area contributed by atoms with Crippen LogP contribution in [0.2, 0.25) is 0 Å². The number of fused-ring (bicyclic) bond motifs is 1. The zero-order valence-electron chi connectivity index (χ0n) is 17.7. The minimum atomic E-state index is -0.109. The zero-order valence-corrected chi connectivity index (χ0v) is 18.5. The van der Waals surface area contributed by atoms with Crippen LogP contribution in [0, 0.1) is 0 Å². The molecule has 6 heteroatoms. The molecule has 0 aliphatic rings. The van der Waals surface area contributed by atoms with Crippen molar-refractivity contribution >= 4 is 27.2 Å². The summed E-state index contributed by atoms with van der Waals surface area (Å²) >= 11 is 1.59. The van der Waals surface area contributed by atoms with Gasteiger partial charge in [0, 0.05) is 26.1 Å². The molecular weight excluding hydrogens is 412 g/mol. The first-order valence-corrected chi connectivity index (χ1v) is 10.4. The molecule has 0 aliphatic heterocycles. The van der Waals surface area contributed by atoms with E-state index < -0.39 is 0 Å². The summed E-state index contributed by atoms with van der Waals surface area (Å²) in [5.74, 6) is 1.99. The quantitative estimate of drug-likeness (QED) is 0.342. The molecule has 0 fully saturated rings. The predicted octanol–water partition coefficient (Wildman–Crippen LogP) is 5.83. The SMILES string of the molecule is COc1ccc(-c2sc3ccccc3c2C(=O)c2cc(OC)c(OC)c(OC)c2)cc1. The predicted molar refractivity (Wildman–Crippen MR) is 123 cm³/mol. The fourth-order valence-corrected chi connectivity index (χ4v) is 4.78. The van der Waals surface area contributed by atoms with Gasteiger partial charge in [0.25, 0.3) is 0 Å². The molecule has 0 radical (unpaired) electrons. The number of ketones is 1. The number of hydrogen-bond donors (Lipinski definition) is 0. The molecule has 4 aromatic rings. The molecule has 0 saturated carbocycles. The van der Waals surface area contributed by atoms with E-state index in [9.17, 15) is 4.79 Å². The van der Waals surface area contributed by atoms with Crippen LogP contribution < -0.4 is 18.9 Å². The van der Waals surface area contributed by atoms with E-state index in [1.165, 1.54) is 21.3 Å². The maximum atomic E-state index is 13.8. The monoisotopic (exact) mass is 434 g/mol. The van der Waals surface area contributed by atoms with Gasteiger partial charge in [-0.1, -0.05) is 18.2 Å². The summed E-state index contributed by atoms with van der Waals surface area (Å²) < 4.78 is 22.6. The van der Waals surface area contributed by atoms with Crippen molar-refractivity contribution in [2.24, 2.45) is 0 Å². The number of ether oxygens (including phenoxy) is 4. The highest BCUT2D eigenvalue weighted by Crippen LogP contribution is 2.43. The van der Waals surface area contributed by atoms with E-state index in [4.69, 9.17) is 18.9 Å². The number of thiophene rings is 1. The van der Waals surface area contributed by atoms with Crippen molar-refractivity contribution in [3.63, 3.8) is 0 Å². The van der Waals surface area contributed by atoms with Gasteiger partial charge in [0.05, 0.1) is 28.4 Å². The maximum absolute atomic E-state index is 13.8. The Hall–Kier alpha value is -3.51. The van der Waals surface area contributed by atoms with Gasteiger partial charge in [0.2, 0.25) is 5.75 Å². The second kappa shape index (κ2) is 8.70. The molecule has 1 heterocycles. The summed E-state index contributed by atoms with van der Waals surface area (Å²) in [6, 6.07) is 19.0. The fraction of sp³-hybridized carbons (Fsp3) is 0.160. The van der Waals surface area contributed by atoms with Gasteiger partial charge >= 0.3 is 0 Å². The van der Waals surface area contributed by atoms with Gasteiger partial charge in [0.1, 0.15) is 5.75 Å². The number of carbonyl (C=O) groups excluding carboxylic acids is 1. The van der Waals surface area contributed by atoms with Gasteiger partial charge in [-0.2, -0.15) is 0 Å². The van der Waals surface area contributed by atoms with Gasteiger partial charge in [-0.25, -0.2) is 0 Å². The third kappa shape index (κ3) is 3.70. The molecule has 31 heavy (non-hydrogen) atoms. The van der Waals surface area contributed by atoms with Crippen LogP contribution in [0.1, 0.15) is 15.9 Å². The minimum Gasteiger partial charge on any atom is -0.497 e. The van der Waals surface area contributed by atoms with E-state index >= 15 is 0 Å². The highest BCUT2D eigenvalue weighted by Gasteiger charge is 2.24. The van der Waals surface area contributed by atoms with Crippen molar-refractivity contribution in [1.82, 2.24) is 0 Å². The molecule has 4 rings (SSSR count). The van der Waals surface area contributed by atoms with Crippen LogP contribution in [-0.4, -0.2) is 34.2 Å². The molecule has 158 valence electrons. The second-order valence-corrected chi connectivity index (χ2v) is 7.83. The first kappa shape index (κ1) is 20.8. The van der Waals surface area contributed by atoms with Crippen LogP contribution in [0.4, 0.5) is 0 Å². The van der Waals surface area contributed by atoms with Gasteiger partial charge in [0.15, 0.2) is 17.3 Å². The maximum Gasteiger partial charge on any atom is 0.203 e. The zero-order chi connectivity index (χ0) is 22.0. The molecular formula is C25H22O5S. The Morgan fingerprint density at radius 3 is 2.00 bits per heavy atom. The third-order valence-corrected chi connectivity index (χ3v) is 6.32. The lowest BCUT2D eigenvalue weighted by Crippen LogP contribution is -2.05. The molecule has 0 unspecified atom stereocenters. The highest BCUT2D eigenvalue weighted by molar-refractivity contribution is 7.22. The largest absolute Gasteiger partial charge is 0.497 e. The Balaban J connectivity index is 1.92. The van der Waals surface area contributed by atoms with Gasteiger partial charge in [-0.15, -0.1) is 11.3 Å². The van der Waals surface area contributed by atoms with Crippen LogP contribution in [0.5, 0.6) is 23.0 Å². The molecule has 5 nitrogen and oxygen atoms in total. The molecule has 0 atom stereocenters. The van der Waals surface area contributed by atoms with Crippen molar-refractivity contribution in [2.45, 2.75) is 0 Å². The molecule has 0 N–H and O–H groups in total. The summed E-state index contributed by atoms with van der Waals surface area (Å²) in [7, 11) is 6.24. The van der Waals surface area contributed by atoms with Gasteiger partial charge in [-0.05, 0) is 48.0 Å². The molecule has 0 saturated heterocycles. The highest BCUT2D eigenvalue weighted by atomic mass is 32.1. The Bertz CT molecular complexity index is 1220. The second-order valence-electron chi connectivity index (χ2n) is 6.77. The number of hydrogen-bond acceptors (Lipinski definition) is 6. The lowest BCUT2D eigenvalue weighted by molar-refractivity contribution is 0.104. The van der Waals surface area contributed by atoms with E-state index in [0.717, 1.165) is 26.3 Å². The molecule has 0 aliphatic carbocycles. The van der Waals surface area contributed by atoms with Gasteiger partial charge < -0.3 is 18.9 Å². The number of benzene rings is 3. The van der Waals surface area contributed by atoms with Crippen LogP contribution in [0.25, 0.3) is 20.5 Å². The summed E-state index contributed by atoms with van der Waals surface area (Å²) in [6.07, 6.45) is 0. The smallest absolute Gasteiger partial charge is 0.203 e. The molecule has 1 aromatic heterocycles. The molecule has 0 amide bonds. The van der Waals surface area contributed by atoms with E-state index in [1.54, 1.807) is 30.6 Å². The van der Waals surface area contributed by atoms with Crippen LogP contribution >= 0.6 is 11.3 Å². The topological polar surface area (TPSA) is 54.0 Å². The van der Waals surface area contributed by atoms with E-state index in [2.05, 4.69) is 0 Å². The summed E-state index contributed by atoms with van der Waals surface area (Å²) in [6.45, 7) is 0. The standard InChI is InChI=1S/C25H22O5S/c1-27-17-11-9-15(10-12-17)25-22(18-7-5-6-8-21(18)31-25)23(26)16-13-19(28-2)24(30-4)20(14-16)29-3/h5-14H,1-4H3. The van der Waals surface area contributed by atoms with E-state index in [-0.39, 0.29) is 5.78 Å². The Labute approximate surface area is 184 Å². The van der Waals surface area contributed by atoms with Crippen molar-refractivity contribution in [1.29, 1.82) is 0 Å².